The molecule has 0 aliphatic rings. The SMILES string of the molecule is CCCOCCC(CCc1ccnn1C)NC. The van der Waals surface area contributed by atoms with E-state index in [0.717, 1.165) is 38.9 Å². The molecule has 1 N–H and O–H groups in total. The Kier molecular flexibility index (Phi) is 6.89. The van der Waals surface area contributed by atoms with Crippen LogP contribution < -0.4 is 5.32 Å². The van der Waals surface area contributed by atoms with Crippen LogP contribution in [-0.4, -0.2) is 36.1 Å². The maximum Gasteiger partial charge on any atom is 0.0492 e. The number of hydrogen-bond donors (Lipinski definition) is 1. The molecule has 17 heavy (non-hydrogen) atoms. The summed E-state index contributed by atoms with van der Waals surface area (Å²) in [6, 6.07) is 2.61. The van der Waals surface area contributed by atoms with Crippen molar-refractivity contribution in [3.63, 3.8) is 0 Å². The van der Waals surface area contributed by atoms with Gasteiger partial charge >= 0.3 is 0 Å². The van der Waals surface area contributed by atoms with Gasteiger partial charge in [-0.2, -0.15) is 5.10 Å². The van der Waals surface area contributed by atoms with E-state index in [-0.39, 0.29) is 0 Å². The number of hydrogen-bond acceptors (Lipinski definition) is 3. The summed E-state index contributed by atoms with van der Waals surface area (Å²) in [5.74, 6) is 0. The summed E-state index contributed by atoms with van der Waals surface area (Å²) >= 11 is 0. The molecule has 0 aliphatic heterocycles. The zero-order valence-corrected chi connectivity index (χ0v) is 11.3. The summed E-state index contributed by atoms with van der Waals surface area (Å²) in [6.07, 6.45) is 6.23. The Hall–Kier alpha value is -0.870. The fraction of sp³-hybridized carbons (Fsp3) is 0.769. The van der Waals surface area contributed by atoms with E-state index in [1.54, 1.807) is 0 Å². The van der Waals surface area contributed by atoms with Crippen LogP contribution in [0.2, 0.25) is 0 Å². The molecule has 0 spiro atoms. The van der Waals surface area contributed by atoms with Crippen LogP contribution in [0.5, 0.6) is 0 Å². The van der Waals surface area contributed by atoms with Crippen molar-refractivity contribution in [3.05, 3.63) is 18.0 Å². The Bertz CT molecular complexity index is 299. The molecule has 4 nitrogen and oxygen atoms in total. The molecule has 1 atom stereocenters. The monoisotopic (exact) mass is 239 g/mol. The average molecular weight is 239 g/mol. The van der Waals surface area contributed by atoms with Crippen molar-refractivity contribution in [2.45, 2.75) is 38.6 Å². The van der Waals surface area contributed by atoms with Crippen LogP contribution in [-0.2, 0) is 18.2 Å². The van der Waals surface area contributed by atoms with Gasteiger partial charge < -0.3 is 10.1 Å². The third kappa shape index (κ3) is 5.33. The topological polar surface area (TPSA) is 39.1 Å². The number of rotatable bonds is 9. The van der Waals surface area contributed by atoms with Crippen molar-refractivity contribution < 1.29 is 4.74 Å². The summed E-state index contributed by atoms with van der Waals surface area (Å²) < 4.78 is 7.46. The van der Waals surface area contributed by atoms with Crippen molar-refractivity contribution in [2.75, 3.05) is 20.3 Å². The molecule has 1 unspecified atom stereocenters. The van der Waals surface area contributed by atoms with Crippen LogP contribution in [0.4, 0.5) is 0 Å². The Labute approximate surface area is 104 Å². The van der Waals surface area contributed by atoms with Gasteiger partial charge in [-0.25, -0.2) is 0 Å². The van der Waals surface area contributed by atoms with Crippen LogP contribution in [0.25, 0.3) is 0 Å². The number of nitrogens with one attached hydrogen (secondary N) is 1. The first-order valence-corrected chi connectivity index (χ1v) is 6.49. The van der Waals surface area contributed by atoms with Gasteiger partial charge in [-0.15, -0.1) is 0 Å². The highest BCUT2D eigenvalue weighted by Crippen LogP contribution is 2.06. The lowest BCUT2D eigenvalue weighted by Crippen LogP contribution is -2.27. The van der Waals surface area contributed by atoms with Crippen LogP contribution >= 0.6 is 0 Å². The molecule has 0 radical (unpaired) electrons. The second kappa shape index (κ2) is 8.25. The van der Waals surface area contributed by atoms with E-state index in [4.69, 9.17) is 4.74 Å². The summed E-state index contributed by atoms with van der Waals surface area (Å²) in [5.41, 5.74) is 1.29. The first kappa shape index (κ1) is 14.2. The molecule has 0 fully saturated rings. The van der Waals surface area contributed by atoms with E-state index < -0.39 is 0 Å². The molecule has 1 rings (SSSR count). The molecule has 0 amide bonds. The molecule has 4 heteroatoms. The van der Waals surface area contributed by atoms with Crippen molar-refractivity contribution in [3.8, 4) is 0 Å². The minimum absolute atomic E-state index is 0.529. The predicted molar refractivity (Wildman–Crippen MR) is 70.1 cm³/mol. The van der Waals surface area contributed by atoms with Gasteiger partial charge in [0.05, 0.1) is 0 Å². The maximum absolute atomic E-state index is 5.52. The van der Waals surface area contributed by atoms with Gasteiger partial charge in [0.1, 0.15) is 0 Å². The second-order valence-corrected chi connectivity index (χ2v) is 4.37. The standard InChI is InChI=1S/C13H25N3O/c1-4-10-17-11-8-12(14-2)5-6-13-7-9-15-16(13)3/h7,9,12,14H,4-6,8,10-11H2,1-3H3. The van der Waals surface area contributed by atoms with Crippen LogP contribution in [0.15, 0.2) is 12.3 Å². The molecule has 0 bridgehead atoms. The average Bonchev–Trinajstić information content (AvgIpc) is 2.74. The summed E-state index contributed by atoms with van der Waals surface area (Å²) in [7, 11) is 4.02. The van der Waals surface area contributed by atoms with Gasteiger partial charge in [0.15, 0.2) is 0 Å². The van der Waals surface area contributed by atoms with Gasteiger partial charge in [-0.05, 0) is 38.8 Å². The normalized spacial score (nSPS) is 12.9. The van der Waals surface area contributed by atoms with Crippen LogP contribution in [0.3, 0.4) is 0 Å². The van der Waals surface area contributed by atoms with Crippen LogP contribution in [0, 0.1) is 0 Å². The van der Waals surface area contributed by atoms with Gasteiger partial charge in [-0.3, -0.25) is 4.68 Å². The molecule has 0 aliphatic carbocycles. The van der Waals surface area contributed by atoms with Crippen molar-refractivity contribution >= 4 is 0 Å². The quantitative estimate of drug-likeness (QED) is 0.667. The summed E-state index contributed by atoms with van der Waals surface area (Å²) in [4.78, 5) is 0. The van der Waals surface area contributed by atoms with E-state index >= 15 is 0 Å². The first-order chi connectivity index (χ1) is 8.27. The van der Waals surface area contributed by atoms with E-state index in [0.29, 0.717) is 6.04 Å². The highest BCUT2D eigenvalue weighted by molar-refractivity contribution is 5.00. The number of aromatic nitrogens is 2. The first-order valence-electron chi connectivity index (χ1n) is 6.49. The molecule has 98 valence electrons. The lowest BCUT2D eigenvalue weighted by atomic mass is 10.1. The van der Waals surface area contributed by atoms with E-state index in [2.05, 4.69) is 23.4 Å². The Morgan fingerprint density at radius 1 is 1.41 bits per heavy atom. The van der Waals surface area contributed by atoms with E-state index in [9.17, 15) is 0 Å². The number of aryl methyl sites for hydroxylation is 2. The molecule has 1 heterocycles. The Balaban J connectivity index is 2.20. The lowest BCUT2D eigenvalue weighted by molar-refractivity contribution is 0.124. The molecule has 1 aromatic heterocycles. The van der Waals surface area contributed by atoms with Crippen molar-refractivity contribution in [1.29, 1.82) is 0 Å². The fourth-order valence-corrected chi connectivity index (χ4v) is 1.87. The highest BCUT2D eigenvalue weighted by atomic mass is 16.5. The minimum Gasteiger partial charge on any atom is -0.381 e. The molecule has 0 aromatic carbocycles. The van der Waals surface area contributed by atoms with Gasteiger partial charge in [0.25, 0.3) is 0 Å². The van der Waals surface area contributed by atoms with Gasteiger partial charge in [0.2, 0.25) is 0 Å². The smallest absolute Gasteiger partial charge is 0.0492 e. The fourth-order valence-electron chi connectivity index (χ4n) is 1.87. The van der Waals surface area contributed by atoms with Crippen molar-refractivity contribution in [2.24, 2.45) is 7.05 Å². The van der Waals surface area contributed by atoms with Gasteiger partial charge in [-0.1, -0.05) is 6.92 Å². The third-order valence-corrected chi connectivity index (χ3v) is 3.04. The predicted octanol–water partition coefficient (Wildman–Crippen LogP) is 1.76. The molecule has 0 saturated carbocycles. The molecular weight excluding hydrogens is 214 g/mol. The largest absolute Gasteiger partial charge is 0.381 e. The molecular formula is C13H25N3O. The van der Waals surface area contributed by atoms with Crippen LogP contribution in [0.1, 0.15) is 31.9 Å². The number of ether oxygens (including phenoxy) is 1. The minimum atomic E-state index is 0.529. The van der Waals surface area contributed by atoms with E-state index in [1.807, 2.05) is 25.0 Å². The Morgan fingerprint density at radius 3 is 2.82 bits per heavy atom. The zero-order valence-electron chi connectivity index (χ0n) is 11.3. The summed E-state index contributed by atoms with van der Waals surface area (Å²) in [5, 5.41) is 7.53. The molecule has 0 saturated heterocycles. The van der Waals surface area contributed by atoms with Crippen molar-refractivity contribution in [1.82, 2.24) is 15.1 Å². The number of nitrogens with zero attached hydrogens (tertiary/aromatic N) is 2. The third-order valence-electron chi connectivity index (χ3n) is 3.04. The second-order valence-electron chi connectivity index (χ2n) is 4.37. The van der Waals surface area contributed by atoms with Gasteiger partial charge in [0, 0.05) is 38.2 Å². The molecule has 1 aromatic rings. The Morgan fingerprint density at radius 2 is 2.24 bits per heavy atom. The highest BCUT2D eigenvalue weighted by Gasteiger charge is 2.07. The maximum atomic E-state index is 5.52. The summed E-state index contributed by atoms with van der Waals surface area (Å²) in [6.45, 7) is 3.86. The van der Waals surface area contributed by atoms with E-state index in [1.165, 1.54) is 5.69 Å². The zero-order chi connectivity index (χ0) is 12.5. The lowest BCUT2D eigenvalue weighted by Gasteiger charge is -2.16.